The third-order valence-electron chi connectivity index (χ3n) is 1.70. The SMILES string of the molecule is CS(=O)c1ccc(OCCCBr)cc1. The van der Waals surface area contributed by atoms with E-state index in [-0.39, 0.29) is 0 Å². The lowest BCUT2D eigenvalue weighted by Gasteiger charge is -2.04. The van der Waals surface area contributed by atoms with E-state index in [1.54, 1.807) is 6.26 Å². The minimum Gasteiger partial charge on any atom is -0.494 e. The zero-order chi connectivity index (χ0) is 10.4. The summed E-state index contributed by atoms with van der Waals surface area (Å²) in [6.07, 6.45) is 2.65. The highest BCUT2D eigenvalue weighted by molar-refractivity contribution is 9.09. The molecule has 0 aromatic heterocycles. The number of rotatable bonds is 5. The lowest BCUT2D eigenvalue weighted by atomic mass is 10.3. The molecular weight excluding hydrogens is 264 g/mol. The smallest absolute Gasteiger partial charge is 0.119 e. The van der Waals surface area contributed by atoms with Gasteiger partial charge in [0.2, 0.25) is 0 Å². The summed E-state index contributed by atoms with van der Waals surface area (Å²) in [7, 11) is -0.908. The van der Waals surface area contributed by atoms with E-state index < -0.39 is 10.8 Å². The van der Waals surface area contributed by atoms with Gasteiger partial charge < -0.3 is 4.74 Å². The Morgan fingerprint density at radius 1 is 1.36 bits per heavy atom. The molecule has 0 saturated carbocycles. The molecule has 0 radical (unpaired) electrons. The van der Waals surface area contributed by atoms with Gasteiger partial charge >= 0.3 is 0 Å². The maximum Gasteiger partial charge on any atom is 0.119 e. The maximum atomic E-state index is 11.1. The number of hydrogen-bond acceptors (Lipinski definition) is 2. The molecule has 1 aromatic rings. The van der Waals surface area contributed by atoms with Crippen LogP contribution in [0.2, 0.25) is 0 Å². The van der Waals surface area contributed by atoms with Crippen molar-refractivity contribution in [1.82, 2.24) is 0 Å². The van der Waals surface area contributed by atoms with Crippen molar-refractivity contribution in [1.29, 1.82) is 0 Å². The monoisotopic (exact) mass is 276 g/mol. The second-order valence-electron chi connectivity index (χ2n) is 2.82. The molecule has 1 atom stereocenters. The van der Waals surface area contributed by atoms with Crippen LogP contribution < -0.4 is 4.74 Å². The van der Waals surface area contributed by atoms with Gasteiger partial charge in [-0.05, 0) is 30.7 Å². The quantitative estimate of drug-likeness (QED) is 0.611. The Kier molecular flexibility index (Phi) is 5.19. The molecule has 0 aliphatic carbocycles. The molecule has 0 aliphatic heterocycles. The minimum atomic E-state index is -0.908. The third kappa shape index (κ3) is 3.80. The van der Waals surface area contributed by atoms with Crippen molar-refractivity contribution in [2.24, 2.45) is 0 Å². The summed E-state index contributed by atoms with van der Waals surface area (Å²) in [5.74, 6) is 0.833. The summed E-state index contributed by atoms with van der Waals surface area (Å²) in [4.78, 5) is 0.831. The Morgan fingerprint density at radius 2 is 2.00 bits per heavy atom. The standard InChI is InChI=1S/C10H13BrO2S/c1-14(12)10-5-3-9(4-6-10)13-8-2-7-11/h3-6H,2,7-8H2,1H3. The van der Waals surface area contributed by atoms with Gasteiger partial charge in [0.25, 0.3) is 0 Å². The van der Waals surface area contributed by atoms with Crippen LogP contribution in [0.15, 0.2) is 29.2 Å². The van der Waals surface area contributed by atoms with E-state index in [1.807, 2.05) is 24.3 Å². The molecule has 0 heterocycles. The van der Waals surface area contributed by atoms with E-state index in [4.69, 9.17) is 4.74 Å². The predicted octanol–water partition coefficient (Wildman–Crippen LogP) is 2.59. The largest absolute Gasteiger partial charge is 0.494 e. The second-order valence-corrected chi connectivity index (χ2v) is 4.99. The fourth-order valence-corrected chi connectivity index (χ4v) is 1.72. The van der Waals surface area contributed by atoms with Crippen LogP contribution in [0.1, 0.15) is 6.42 Å². The first-order valence-corrected chi connectivity index (χ1v) is 7.04. The number of ether oxygens (including phenoxy) is 1. The zero-order valence-electron chi connectivity index (χ0n) is 8.03. The number of hydrogen-bond donors (Lipinski definition) is 0. The maximum absolute atomic E-state index is 11.1. The first kappa shape index (κ1) is 11.7. The summed E-state index contributed by atoms with van der Waals surface area (Å²) < 4.78 is 16.5. The number of benzene rings is 1. The van der Waals surface area contributed by atoms with Crippen LogP contribution in [-0.4, -0.2) is 22.4 Å². The molecule has 0 bridgehead atoms. The molecule has 1 aromatic carbocycles. The molecule has 0 N–H and O–H groups in total. The average Bonchev–Trinajstić information content (AvgIpc) is 2.19. The van der Waals surface area contributed by atoms with Gasteiger partial charge in [-0.3, -0.25) is 4.21 Å². The van der Waals surface area contributed by atoms with E-state index in [2.05, 4.69) is 15.9 Å². The van der Waals surface area contributed by atoms with Crippen LogP contribution in [0.5, 0.6) is 5.75 Å². The first-order valence-electron chi connectivity index (χ1n) is 4.36. The summed E-state index contributed by atoms with van der Waals surface area (Å²) in [6, 6.07) is 7.37. The minimum absolute atomic E-state index is 0.708. The Bertz CT molecular complexity index is 297. The topological polar surface area (TPSA) is 26.3 Å². The number of halogens is 1. The lowest BCUT2D eigenvalue weighted by molar-refractivity contribution is 0.319. The van der Waals surface area contributed by atoms with Gasteiger partial charge in [0.15, 0.2) is 0 Å². The molecule has 0 saturated heterocycles. The van der Waals surface area contributed by atoms with Crippen molar-refractivity contribution in [2.75, 3.05) is 18.2 Å². The average molecular weight is 277 g/mol. The molecule has 4 heteroatoms. The van der Waals surface area contributed by atoms with Crippen LogP contribution in [0.3, 0.4) is 0 Å². The van der Waals surface area contributed by atoms with E-state index >= 15 is 0 Å². The van der Waals surface area contributed by atoms with Crippen molar-refractivity contribution in [3.05, 3.63) is 24.3 Å². The molecular formula is C10H13BrO2S. The van der Waals surface area contributed by atoms with Crippen molar-refractivity contribution in [3.8, 4) is 5.75 Å². The normalized spacial score (nSPS) is 12.4. The van der Waals surface area contributed by atoms with Crippen molar-refractivity contribution < 1.29 is 8.95 Å². The van der Waals surface area contributed by atoms with Gasteiger partial charge in [0.05, 0.1) is 6.61 Å². The highest BCUT2D eigenvalue weighted by atomic mass is 79.9. The Hall–Kier alpha value is -0.350. The molecule has 0 aliphatic rings. The van der Waals surface area contributed by atoms with Crippen LogP contribution in [0.25, 0.3) is 0 Å². The van der Waals surface area contributed by atoms with Gasteiger partial charge in [0.1, 0.15) is 5.75 Å². The molecule has 78 valence electrons. The molecule has 0 spiro atoms. The zero-order valence-corrected chi connectivity index (χ0v) is 10.4. The van der Waals surface area contributed by atoms with E-state index in [0.717, 1.165) is 22.4 Å². The van der Waals surface area contributed by atoms with Crippen molar-refractivity contribution in [3.63, 3.8) is 0 Å². The third-order valence-corrected chi connectivity index (χ3v) is 3.20. The lowest BCUT2D eigenvalue weighted by Crippen LogP contribution is -1.97. The number of alkyl halides is 1. The summed E-state index contributed by atoms with van der Waals surface area (Å²) in [6.45, 7) is 0.708. The Morgan fingerprint density at radius 3 is 2.50 bits per heavy atom. The fourth-order valence-electron chi connectivity index (χ4n) is 0.972. The molecule has 1 unspecified atom stereocenters. The van der Waals surface area contributed by atoms with Crippen LogP contribution in [0, 0.1) is 0 Å². The van der Waals surface area contributed by atoms with E-state index in [1.165, 1.54) is 0 Å². The fraction of sp³-hybridized carbons (Fsp3) is 0.400. The van der Waals surface area contributed by atoms with Gasteiger partial charge in [-0.2, -0.15) is 0 Å². The summed E-state index contributed by atoms with van der Waals surface area (Å²) in [5.41, 5.74) is 0. The van der Waals surface area contributed by atoms with Crippen molar-refractivity contribution >= 4 is 26.7 Å². The van der Waals surface area contributed by atoms with Gasteiger partial charge in [-0.1, -0.05) is 15.9 Å². The van der Waals surface area contributed by atoms with Crippen LogP contribution in [0.4, 0.5) is 0 Å². The summed E-state index contributed by atoms with van der Waals surface area (Å²) in [5, 5.41) is 0.948. The Balaban J connectivity index is 2.51. The highest BCUT2D eigenvalue weighted by Gasteiger charge is 1.97. The molecule has 0 amide bonds. The van der Waals surface area contributed by atoms with Crippen LogP contribution >= 0.6 is 15.9 Å². The Labute approximate surface area is 95.2 Å². The second kappa shape index (κ2) is 6.19. The summed E-state index contributed by atoms with van der Waals surface area (Å²) >= 11 is 3.33. The van der Waals surface area contributed by atoms with Gasteiger partial charge in [-0.15, -0.1) is 0 Å². The van der Waals surface area contributed by atoms with Crippen LogP contribution in [-0.2, 0) is 10.8 Å². The molecule has 0 fully saturated rings. The van der Waals surface area contributed by atoms with Crippen molar-refractivity contribution in [2.45, 2.75) is 11.3 Å². The predicted molar refractivity (Wildman–Crippen MR) is 62.7 cm³/mol. The molecule has 1 rings (SSSR count). The van der Waals surface area contributed by atoms with Gasteiger partial charge in [0, 0.05) is 27.3 Å². The van der Waals surface area contributed by atoms with Gasteiger partial charge in [-0.25, -0.2) is 0 Å². The molecule has 14 heavy (non-hydrogen) atoms. The first-order chi connectivity index (χ1) is 6.74. The molecule has 2 nitrogen and oxygen atoms in total. The van der Waals surface area contributed by atoms with E-state index in [9.17, 15) is 4.21 Å². The highest BCUT2D eigenvalue weighted by Crippen LogP contribution is 2.14. The van der Waals surface area contributed by atoms with E-state index in [0.29, 0.717) is 6.61 Å².